The van der Waals surface area contributed by atoms with Crippen LogP contribution in [-0.2, 0) is 4.79 Å². The Hall–Kier alpha value is -1.83. The van der Waals surface area contributed by atoms with Crippen molar-refractivity contribution in [3.63, 3.8) is 0 Å². The molecule has 4 nitrogen and oxygen atoms in total. The van der Waals surface area contributed by atoms with Gasteiger partial charge in [0.1, 0.15) is 0 Å². The molecule has 1 aliphatic heterocycles. The number of nitrogens with one attached hydrogen (secondary N) is 2. The number of hydrogen-bond acceptors (Lipinski definition) is 4. The van der Waals surface area contributed by atoms with E-state index in [1.807, 2.05) is 20.9 Å². The summed E-state index contributed by atoms with van der Waals surface area (Å²) < 4.78 is 26.9. The summed E-state index contributed by atoms with van der Waals surface area (Å²) in [7, 11) is 1.95. The molecule has 1 aromatic carbocycles. The first-order valence-corrected chi connectivity index (χ1v) is 9.84. The Kier molecular flexibility index (Phi) is 5.93. The molecule has 0 radical (unpaired) electrons. The van der Waals surface area contributed by atoms with Crippen molar-refractivity contribution in [1.82, 2.24) is 10.2 Å². The molecule has 1 aromatic heterocycles. The average molecular weight is 394 g/mol. The van der Waals surface area contributed by atoms with Gasteiger partial charge in [-0.15, -0.1) is 11.3 Å². The number of hydrogen-bond donors (Lipinski definition) is 2. The molecule has 7 heteroatoms. The number of amides is 1. The normalized spacial score (nSPS) is 20.2. The van der Waals surface area contributed by atoms with Gasteiger partial charge in [0, 0.05) is 23.5 Å². The van der Waals surface area contributed by atoms with Crippen LogP contribution < -0.4 is 10.6 Å². The van der Waals surface area contributed by atoms with Crippen LogP contribution in [0.3, 0.4) is 0 Å². The first-order chi connectivity index (χ1) is 12.8. The zero-order valence-corrected chi connectivity index (χ0v) is 16.8. The number of halogens is 2. The van der Waals surface area contributed by atoms with Crippen LogP contribution in [0.15, 0.2) is 18.2 Å². The van der Waals surface area contributed by atoms with Gasteiger partial charge in [0.2, 0.25) is 5.91 Å². The van der Waals surface area contributed by atoms with Gasteiger partial charge < -0.3 is 10.6 Å². The smallest absolute Gasteiger partial charge is 0.238 e. The van der Waals surface area contributed by atoms with Gasteiger partial charge >= 0.3 is 0 Å². The van der Waals surface area contributed by atoms with E-state index < -0.39 is 11.6 Å². The van der Waals surface area contributed by atoms with Gasteiger partial charge in [-0.2, -0.15) is 0 Å². The lowest BCUT2D eigenvalue weighted by Gasteiger charge is -2.26. The fraction of sp³-hybridized carbons (Fsp3) is 0.450. The third kappa shape index (κ3) is 4.20. The van der Waals surface area contributed by atoms with E-state index in [9.17, 15) is 13.6 Å². The van der Waals surface area contributed by atoms with Gasteiger partial charge in [0.15, 0.2) is 11.6 Å². The molecule has 0 aliphatic carbocycles. The molecule has 2 atom stereocenters. The van der Waals surface area contributed by atoms with Crippen molar-refractivity contribution in [3.8, 4) is 0 Å². The lowest BCUT2D eigenvalue weighted by Crippen LogP contribution is -2.39. The van der Waals surface area contributed by atoms with E-state index in [0.29, 0.717) is 5.56 Å². The third-order valence-corrected chi connectivity index (χ3v) is 6.62. The first-order valence-electron chi connectivity index (χ1n) is 9.03. The molecule has 0 spiro atoms. The molecule has 2 N–H and O–H groups in total. The summed E-state index contributed by atoms with van der Waals surface area (Å²) in [6.07, 6.45) is 0.837. The molecule has 0 bridgehead atoms. The van der Waals surface area contributed by atoms with Gasteiger partial charge in [0.05, 0.1) is 11.5 Å². The third-order valence-electron chi connectivity index (χ3n) is 5.40. The predicted molar refractivity (Wildman–Crippen MR) is 105 cm³/mol. The van der Waals surface area contributed by atoms with Crippen LogP contribution in [0.1, 0.15) is 34.0 Å². The minimum absolute atomic E-state index is 0.00137. The van der Waals surface area contributed by atoms with Crippen LogP contribution in [0.5, 0.6) is 0 Å². The highest BCUT2D eigenvalue weighted by Gasteiger charge is 2.33. The number of anilines is 1. The Balaban J connectivity index is 1.64. The number of likely N-dealkylation sites (N-methyl/N-ethyl adjacent to an activating group) is 1. The summed E-state index contributed by atoms with van der Waals surface area (Å²) in [5, 5.41) is 7.15. The fourth-order valence-corrected chi connectivity index (χ4v) is 4.68. The molecule has 146 valence electrons. The lowest BCUT2D eigenvalue weighted by molar-refractivity contribution is -0.115. The highest BCUT2D eigenvalue weighted by Crippen LogP contribution is 2.32. The van der Waals surface area contributed by atoms with Crippen molar-refractivity contribution in [2.45, 2.75) is 39.3 Å². The van der Waals surface area contributed by atoms with Crippen LogP contribution in [-0.4, -0.2) is 37.0 Å². The summed E-state index contributed by atoms with van der Waals surface area (Å²) in [6.45, 7) is 7.10. The SMILES string of the molecule is Cc1sc(NC(=O)CN[C@@H]2CCN(C)[C@@H]2c2ccc(F)c(F)c2)c(C)c1C. The summed E-state index contributed by atoms with van der Waals surface area (Å²) in [5.41, 5.74) is 3.03. The topological polar surface area (TPSA) is 44.4 Å². The molecule has 1 aliphatic rings. The number of benzene rings is 1. The van der Waals surface area contributed by atoms with Crippen LogP contribution in [0.25, 0.3) is 0 Å². The van der Waals surface area contributed by atoms with Crippen LogP contribution >= 0.6 is 11.3 Å². The molecule has 2 aromatic rings. The van der Waals surface area contributed by atoms with Crippen molar-refractivity contribution in [3.05, 3.63) is 51.4 Å². The number of carbonyl (C=O) groups is 1. The molecule has 0 saturated carbocycles. The van der Waals surface area contributed by atoms with Crippen molar-refractivity contribution in [1.29, 1.82) is 0 Å². The highest BCUT2D eigenvalue weighted by atomic mass is 32.1. The Labute approximate surface area is 162 Å². The molecular weight excluding hydrogens is 368 g/mol. The summed E-state index contributed by atoms with van der Waals surface area (Å²) in [4.78, 5) is 15.7. The van der Waals surface area contributed by atoms with Gasteiger partial charge in [-0.05, 0) is 63.1 Å². The van der Waals surface area contributed by atoms with Crippen LogP contribution in [0.4, 0.5) is 13.8 Å². The van der Waals surface area contributed by atoms with Crippen LogP contribution in [0, 0.1) is 32.4 Å². The Morgan fingerprint density at radius 2 is 1.96 bits per heavy atom. The number of rotatable bonds is 5. The standard InChI is InChI=1S/C20H25F2N3OS/c1-11-12(2)20(27-13(11)3)24-18(26)10-23-17-7-8-25(4)19(17)14-5-6-15(21)16(22)9-14/h5-6,9,17,19,23H,7-8,10H2,1-4H3,(H,24,26)/t17-,19-/m1/s1. The number of aryl methyl sites for hydroxylation is 1. The highest BCUT2D eigenvalue weighted by molar-refractivity contribution is 7.16. The second-order valence-electron chi connectivity index (χ2n) is 7.16. The zero-order valence-electron chi connectivity index (χ0n) is 16.0. The molecule has 3 rings (SSSR count). The number of nitrogens with zero attached hydrogens (tertiary/aromatic N) is 1. The van der Waals surface area contributed by atoms with Gasteiger partial charge in [-0.1, -0.05) is 6.07 Å². The molecule has 2 heterocycles. The fourth-order valence-electron chi connectivity index (χ4n) is 3.60. The van der Waals surface area contributed by atoms with E-state index in [4.69, 9.17) is 0 Å². The monoisotopic (exact) mass is 393 g/mol. The van der Waals surface area contributed by atoms with E-state index in [-0.39, 0.29) is 24.5 Å². The summed E-state index contributed by atoms with van der Waals surface area (Å²) >= 11 is 1.58. The number of carbonyl (C=O) groups excluding carboxylic acids is 1. The first kappa shape index (κ1) is 19.9. The lowest BCUT2D eigenvalue weighted by atomic mass is 10.00. The van der Waals surface area contributed by atoms with Gasteiger partial charge in [-0.25, -0.2) is 8.78 Å². The van der Waals surface area contributed by atoms with Crippen molar-refractivity contribution < 1.29 is 13.6 Å². The van der Waals surface area contributed by atoms with E-state index in [1.54, 1.807) is 17.4 Å². The minimum atomic E-state index is -0.847. The second kappa shape index (κ2) is 8.04. The Bertz CT molecular complexity index is 852. The average Bonchev–Trinajstić information content (AvgIpc) is 3.11. The quantitative estimate of drug-likeness (QED) is 0.809. The summed E-state index contributed by atoms with van der Waals surface area (Å²) in [6, 6.07) is 3.92. The van der Waals surface area contributed by atoms with E-state index in [1.165, 1.54) is 16.5 Å². The molecule has 1 amide bonds. The van der Waals surface area contributed by atoms with Gasteiger partial charge in [-0.3, -0.25) is 9.69 Å². The van der Waals surface area contributed by atoms with Crippen molar-refractivity contribution >= 4 is 22.2 Å². The van der Waals surface area contributed by atoms with E-state index in [0.717, 1.165) is 29.6 Å². The minimum Gasteiger partial charge on any atom is -0.316 e. The largest absolute Gasteiger partial charge is 0.316 e. The van der Waals surface area contributed by atoms with Crippen LogP contribution in [0.2, 0.25) is 0 Å². The van der Waals surface area contributed by atoms with E-state index >= 15 is 0 Å². The number of thiophene rings is 1. The Morgan fingerprint density at radius 1 is 1.22 bits per heavy atom. The molecule has 0 unspecified atom stereocenters. The van der Waals surface area contributed by atoms with Crippen molar-refractivity contribution in [2.75, 3.05) is 25.5 Å². The molecule has 1 saturated heterocycles. The van der Waals surface area contributed by atoms with Crippen molar-refractivity contribution in [2.24, 2.45) is 0 Å². The second-order valence-corrected chi connectivity index (χ2v) is 8.39. The molecule has 1 fully saturated rings. The zero-order chi connectivity index (χ0) is 19.7. The van der Waals surface area contributed by atoms with E-state index in [2.05, 4.69) is 22.5 Å². The maximum Gasteiger partial charge on any atom is 0.238 e. The van der Waals surface area contributed by atoms with Gasteiger partial charge in [0.25, 0.3) is 0 Å². The Morgan fingerprint density at radius 3 is 2.59 bits per heavy atom. The summed E-state index contributed by atoms with van der Waals surface area (Å²) in [5.74, 6) is -1.79. The molecule has 27 heavy (non-hydrogen) atoms. The predicted octanol–water partition coefficient (Wildman–Crippen LogP) is 3.93. The maximum absolute atomic E-state index is 13.6. The number of likely N-dealkylation sites (tertiary alicyclic amines) is 1. The molecular formula is C20H25F2N3OS. The maximum atomic E-state index is 13.6.